The average Bonchev–Trinajstić information content (AvgIpc) is 3.76. The molecule has 0 amide bonds. The Balaban J connectivity index is 1.09. The number of benzene rings is 1. The highest BCUT2D eigenvalue weighted by Gasteiger charge is 2.94. The first-order chi connectivity index (χ1) is 31.9. The third-order valence-electron chi connectivity index (χ3n) is 21.3. The van der Waals surface area contributed by atoms with Crippen molar-refractivity contribution in [2.75, 3.05) is 26.2 Å². The lowest BCUT2D eigenvalue weighted by atomic mass is 9.27. The van der Waals surface area contributed by atoms with Gasteiger partial charge in [0.1, 0.15) is 11.2 Å². The number of ether oxygens (including phenoxy) is 2. The molecular weight excluding hydrogens is 819 g/mol. The second kappa shape index (κ2) is 15.1. The number of nitrogens with zero attached hydrogens (tertiary/aromatic N) is 2. The van der Waals surface area contributed by atoms with E-state index < -0.39 is 16.4 Å². The standard InChI is InChI=1S/C58H77N3O5/c1-33(2)17-20-55(4)21-18-38-27-43-34(3)24-39-15-16-45-40-25-36-30-60(32-40)41(26-35-10-6-5-7-11-35)28-46(62)52-56-22-19-42(49(43)51(39)61(45)31-36)50(38)57(56,54(64)65-52)47(29-55)58(56)44-14-8-12-37(13-9-23-59)48(44)53(63)66-58/h8,12,14,27,33-36,40-41,43,45,47,49,62H,5-7,9-11,13,15-26,28-32,59H2,1-4H3. The van der Waals surface area contributed by atoms with Crippen LogP contribution in [0.3, 0.4) is 0 Å². The first-order valence-corrected chi connectivity index (χ1v) is 27.3. The molecule has 15 aliphatic rings. The number of fused-ring (bicyclic) bond motifs is 3. The van der Waals surface area contributed by atoms with Crippen molar-refractivity contribution < 1.29 is 24.2 Å². The third-order valence-corrected chi connectivity index (χ3v) is 21.3. The quantitative estimate of drug-likeness (QED) is 0.249. The Morgan fingerprint density at radius 3 is 2.67 bits per heavy atom. The molecule has 3 N–H and O–H groups in total. The topological polar surface area (TPSA) is 105 Å². The highest BCUT2D eigenvalue weighted by molar-refractivity contribution is 6.01. The summed E-state index contributed by atoms with van der Waals surface area (Å²) in [5.74, 6) is 3.46. The van der Waals surface area contributed by atoms with Crippen LogP contribution in [0.15, 0.2) is 63.8 Å². The van der Waals surface area contributed by atoms with Crippen molar-refractivity contribution in [1.82, 2.24) is 9.80 Å². The molecule has 3 saturated carbocycles. The number of carbonyl (C=O) groups excluding carboxylic acids is 2. The maximum absolute atomic E-state index is 16.3. The van der Waals surface area contributed by atoms with Crippen molar-refractivity contribution in [2.24, 2.45) is 69.3 Å². The number of esters is 2. The lowest BCUT2D eigenvalue weighted by Gasteiger charge is -2.73. The number of aryl methyl sites for hydroxylation is 1. The van der Waals surface area contributed by atoms with E-state index in [0.717, 1.165) is 82.1 Å². The Morgan fingerprint density at radius 2 is 1.85 bits per heavy atom. The first kappa shape index (κ1) is 42.7. The van der Waals surface area contributed by atoms with E-state index in [1.165, 1.54) is 74.5 Å². The van der Waals surface area contributed by atoms with E-state index in [0.29, 0.717) is 78.7 Å². The lowest BCUT2D eigenvalue weighted by molar-refractivity contribution is -0.283. The van der Waals surface area contributed by atoms with Crippen LogP contribution < -0.4 is 5.73 Å². The van der Waals surface area contributed by atoms with E-state index in [-0.39, 0.29) is 41.0 Å². The predicted molar refractivity (Wildman–Crippen MR) is 256 cm³/mol. The summed E-state index contributed by atoms with van der Waals surface area (Å²) in [6.07, 6.45) is 23.4. The Bertz CT molecular complexity index is 2390. The molecule has 6 aliphatic carbocycles. The summed E-state index contributed by atoms with van der Waals surface area (Å²) in [5, 5.41) is 13.4. The molecule has 8 heteroatoms. The third kappa shape index (κ3) is 5.52. The minimum Gasteiger partial charge on any atom is -0.509 e. The molecule has 9 aliphatic heterocycles. The highest BCUT2D eigenvalue weighted by Crippen LogP contribution is 2.88. The Labute approximate surface area is 394 Å². The minimum absolute atomic E-state index is 0.101. The summed E-state index contributed by atoms with van der Waals surface area (Å²) >= 11 is 0. The van der Waals surface area contributed by atoms with Gasteiger partial charge < -0.3 is 25.2 Å². The molecule has 1 aromatic carbocycles. The van der Waals surface area contributed by atoms with Crippen LogP contribution in [0.5, 0.6) is 0 Å². The largest absolute Gasteiger partial charge is 0.509 e. The number of rotatable bonds is 8. The monoisotopic (exact) mass is 896 g/mol. The Hall–Kier alpha value is -3.36. The van der Waals surface area contributed by atoms with Crippen LogP contribution in [0.25, 0.3) is 0 Å². The number of nitrogens with two attached hydrogens (primary N) is 1. The van der Waals surface area contributed by atoms with Crippen molar-refractivity contribution in [3.05, 3.63) is 80.5 Å². The van der Waals surface area contributed by atoms with Crippen molar-refractivity contribution in [1.29, 1.82) is 0 Å². The van der Waals surface area contributed by atoms with Gasteiger partial charge in [0.05, 0.1) is 11.0 Å². The molecule has 3 spiro atoms. The number of aliphatic hydroxyl groups excluding tert-OH is 1. The normalized spacial score (nSPS) is 42.9. The summed E-state index contributed by atoms with van der Waals surface area (Å²) in [6.45, 7) is 13.5. The van der Waals surface area contributed by atoms with E-state index in [1.807, 2.05) is 0 Å². The van der Waals surface area contributed by atoms with Crippen LogP contribution in [-0.4, -0.2) is 65.1 Å². The van der Waals surface area contributed by atoms with E-state index in [9.17, 15) is 5.11 Å². The zero-order valence-electron chi connectivity index (χ0n) is 40.6. The van der Waals surface area contributed by atoms with Crippen LogP contribution in [0.2, 0.25) is 0 Å². The van der Waals surface area contributed by atoms with Gasteiger partial charge in [-0.3, -0.25) is 9.69 Å². The first-order valence-electron chi connectivity index (χ1n) is 27.3. The van der Waals surface area contributed by atoms with E-state index in [1.54, 1.807) is 11.3 Å². The summed E-state index contributed by atoms with van der Waals surface area (Å²) in [6, 6.07) is 7.08. The van der Waals surface area contributed by atoms with Crippen LogP contribution in [-0.2, 0) is 26.3 Å². The number of hydrogen-bond donors (Lipinski definition) is 2. The number of carbonyl (C=O) groups is 2. The summed E-state index contributed by atoms with van der Waals surface area (Å²) < 4.78 is 14.5. The SMILES string of the molecule is CC(C)CCC1(C)CCC2=CC3C(C)CC4=C5C3C3=C2C26C(=O)OC(=C(O)CC(CC7CCCCC7)N7CC8CC(C7)C(CC4)N5C8)C2(CC3)C2(OC(=O)c3c(CCCN)cccc32)C6C1. The zero-order valence-corrected chi connectivity index (χ0v) is 40.6. The van der Waals surface area contributed by atoms with Gasteiger partial charge in [0.15, 0.2) is 11.4 Å². The van der Waals surface area contributed by atoms with Crippen molar-refractivity contribution in [3.63, 3.8) is 0 Å². The molecule has 354 valence electrons. The van der Waals surface area contributed by atoms with Crippen molar-refractivity contribution in [2.45, 2.75) is 174 Å². The molecule has 6 fully saturated rings. The smallest absolute Gasteiger partial charge is 0.339 e. The average molecular weight is 896 g/mol. The fourth-order valence-corrected chi connectivity index (χ4v) is 18.8. The van der Waals surface area contributed by atoms with Gasteiger partial charge in [0.2, 0.25) is 0 Å². The van der Waals surface area contributed by atoms with Gasteiger partial charge in [-0.15, -0.1) is 0 Å². The molecule has 1 aromatic rings. The van der Waals surface area contributed by atoms with Crippen LogP contribution in [0.1, 0.15) is 171 Å². The molecule has 66 heavy (non-hydrogen) atoms. The van der Waals surface area contributed by atoms with Crippen LogP contribution >= 0.6 is 0 Å². The van der Waals surface area contributed by atoms with Gasteiger partial charge >= 0.3 is 11.9 Å². The molecule has 9 heterocycles. The molecular formula is C58H77N3O5. The zero-order chi connectivity index (χ0) is 45.1. The molecule has 12 bridgehead atoms. The second-order valence-electron chi connectivity index (χ2n) is 25.2. The molecule has 0 aromatic heterocycles. The molecule has 16 rings (SSSR count). The number of piperidine rings is 2. The molecule has 3 saturated heterocycles. The fraction of sp³-hybridized carbons (Fsp3) is 0.724. The number of allylic oxidation sites excluding steroid dienone is 4. The van der Waals surface area contributed by atoms with Gasteiger partial charge in [0.25, 0.3) is 0 Å². The van der Waals surface area contributed by atoms with E-state index in [4.69, 9.17) is 15.2 Å². The van der Waals surface area contributed by atoms with Gasteiger partial charge in [-0.1, -0.05) is 102 Å². The van der Waals surface area contributed by atoms with Gasteiger partial charge in [-0.2, -0.15) is 0 Å². The maximum Gasteiger partial charge on any atom is 0.339 e. The second-order valence-corrected chi connectivity index (χ2v) is 25.2. The molecule has 0 radical (unpaired) electrons. The van der Waals surface area contributed by atoms with Gasteiger partial charge in [-0.05, 0) is 148 Å². The molecule has 13 unspecified atom stereocenters. The predicted octanol–water partition coefficient (Wildman–Crippen LogP) is 11.2. The van der Waals surface area contributed by atoms with E-state index >= 15 is 9.59 Å². The van der Waals surface area contributed by atoms with Gasteiger partial charge in [0, 0.05) is 61.2 Å². The number of aliphatic hydroxyl groups is 1. The Kier molecular flexibility index (Phi) is 9.75. The minimum atomic E-state index is -1.15. The Morgan fingerprint density at radius 1 is 1.00 bits per heavy atom. The van der Waals surface area contributed by atoms with Crippen molar-refractivity contribution >= 4 is 11.9 Å². The summed E-state index contributed by atoms with van der Waals surface area (Å²) in [4.78, 5) is 37.2. The maximum atomic E-state index is 16.3. The number of hydrogen-bond acceptors (Lipinski definition) is 8. The summed E-state index contributed by atoms with van der Waals surface area (Å²) in [7, 11) is 0. The lowest BCUT2D eigenvalue weighted by Crippen LogP contribution is -2.78. The van der Waals surface area contributed by atoms with Gasteiger partial charge in [-0.25, -0.2) is 4.79 Å². The fourth-order valence-electron chi connectivity index (χ4n) is 18.8. The molecule has 8 nitrogen and oxygen atoms in total. The van der Waals surface area contributed by atoms with Crippen LogP contribution in [0, 0.1) is 63.6 Å². The highest BCUT2D eigenvalue weighted by atomic mass is 16.6. The van der Waals surface area contributed by atoms with Crippen LogP contribution in [0.4, 0.5) is 0 Å². The molecule has 13 atom stereocenters. The van der Waals surface area contributed by atoms with Crippen molar-refractivity contribution in [3.8, 4) is 0 Å². The summed E-state index contributed by atoms with van der Waals surface area (Å²) in [5.41, 5.74) is 12.8. The van der Waals surface area contributed by atoms with E-state index in [2.05, 4.69) is 61.8 Å².